The highest BCUT2D eigenvalue weighted by molar-refractivity contribution is 9.10. The Morgan fingerprint density at radius 2 is 1.60 bits per heavy atom. The van der Waals surface area contributed by atoms with Gasteiger partial charge in [0, 0.05) is 18.8 Å². The number of aromatic nitrogens is 2. The van der Waals surface area contributed by atoms with Crippen LogP contribution in [0.1, 0.15) is 11.1 Å². The summed E-state index contributed by atoms with van der Waals surface area (Å²) in [6.45, 7) is 0. The first-order valence-electron chi connectivity index (χ1n) is 4.48. The fourth-order valence-electron chi connectivity index (χ4n) is 1.28. The summed E-state index contributed by atoms with van der Waals surface area (Å²) in [5.41, 5.74) is 2.17. The lowest BCUT2D eigenvalue weighted by atomic mass is 10.1. The second-order valence-electron chi connectivity index (χ2n) is 3.20. The summed E-state index contributed by atoms with van der Waals surface area (Å²) in [4.78, 5) is 8.10. The Balaban J connectivity index is 2.15. The quantitative estimate of drug-likeness (QED) is 0.849. The molecule has 0 saturated carbocycles. The van der Waals surface area contributed by atoms with Gasteiger partial charge >= 0.3 is 0 Å². The highest BCUT2D eigenvalue weighted by Crippen LogP contribution is 2.13. The average Bonchev–Trinajstić information content (AvgIpc) is 2.25. The third-order valence-electron chi connectivity index (χ3n) is 2.02. The molecule has 4 heteroatoms. The van der Waals surface area contributed by atoms with Gasteiger partial charge in [-0.15, -0.1) is 0 Å². The highest BCUT2D eigenvalue weighted by atomic mass is 79.9. The predicted octanol–water partition coefficient (Wildman–Crippen LogP) is 2.54. The van der Waals surface area contributed by atoms with Crippen molar-refractivity contribution in [3.63, 3.8) is 0 Å². The predicted molar refractivity (Wildman–Crippen MR) is 60.6 cm³/mol. The number of rotatable bonds is 2. The minimum Gasteiger partial charge on any atom is -0.508 e. The first-order valence-corrected chi connectivity index (χ1v) is 5.28. The van der Waals surface area contributed by atoms with Crippen molar-refractivity contribution in [2.24, 2.45) is 0 Å². The van der Waals surface area contributed by atoms with Crippen LogP contribution in [0.25, 0.3) is 0 Å². The van der Waals surface area contributed by atoms with Crippen LogP contribution in [0.3, 0.4) is 0 Å². The maximum absolute atomic E-state index is 9.13. The van der Waals surface area contributed by atoms with E-state index in [9.17, 15) is 0 Å². The third-order valence-corrected chi connectivity index (χ3v) is 2.43. The topological polar surface area (TPSA) is 46.0 Å². The van der Waals surface area contributed by atoms with Gasteiger partial charge in [-0.25, -0.2) is 9.97 Å². The molecule has 0 atom stereocenters. The van der Waals surface area contributed by atoms with Crippen LogP contribution in [0.5, 0.6) is 5.75 Å². The number of hydrogen-bond acceptors (Lipinski definition) is 3. The van der Waals surface area contributed by atoms with Crippen molar-refractivity contribution in [1.82, 2.24) is 9.97 Å². The minimum absolute atomic E-state index is 0.283. The van der Waals surface area contributed by atoms with Crippen LogP contribution in [-0.4, -0.2) is 15.1 Å². The van der Waals surface area contributed by atoms with Crippen molar-refractivity contribution < 1.29 is 5.11 Å². The molecule has 0 bridgehead atoms. The maximum Gasteiger partial charge on any atom is 0.196 e. The monoisotopic (exact) mass is 264 g/mol. The van der Waals surface area contributed by atoms with E-state index in [4.69, 9.17) is 5.11 Å². The fraction of sp³-hybridized carbons (Fsp3) is 0.0909. The molecule has 76 valence electrons. The number of phenolic OH excluding ortho intramolecular Hbond substituents is 1. The molecule has 1 heterocycles. The second-order valence-corrected chi connectivity index (χ2v) is 3.91. The van der Waals surface area contributed by atoms with E-state index < -0.39 is 0 Å². The van der Waals surface area contributed by atoms with Crippen LogP contribution in [-0.2, 0) is 6.42 Å². The molecule has 1 aromatic carbocycles. The average molecular weight is 265 g/mol. The molecule has 0 unspecified atom stereocenters. The molecular formula is C11H9BrN2O. The molecule has 3 nitrogen and oxygen atoms in total. The maximum atomic E-state index is 9.13. The molecule has 2 rings (SSSR count). The Labute approximate surface area is 96.0 Å². The molecule has 0 aliphatic heterocycles. The van der Waals surface area contributed by atoms with E-state index in [1.54, 1.807) is 24.5 Å². The van der Waals surface area contributed by atoms with Crippen LogP contribution in [0.2, 0.25) is 0 Å². The molecule has 1 N–H and O–H groups in total. The van der Waals surface area contributed by atoms with Crippen LogP contribution >= 0.6 is 15.9 Å². The highest BCUT2D eigenvalue weighted by Gasteiger charge is 1.98. The van der Waals surface area contributed by atoms with Crippen molar-refractivity contribution in [3.05, 3.63) is 52.5 Å². The summed E-state index contributed by atoms with van der Waals surface area (Å²) in [5, 5.41) is 9.13. The van der Waals surface area contributed by atoms with Gasteiger partial charge in [-0.05, 0) is 39.2 Å². The van der Waals surface area contributed by atoms with Gasteiger partial charge < -0.3 is 5.11 Å². The summed E-state index contributed by atoms with van der Waals surface area (Å²) in [6, 6.07) is 7.12. The number of nitrogens with zero attached hydrogens (tertiary/aromatic N) is 2. The second kappa shape index (κ2) is 4.40. The van der Waals surface area contributed by atoms with Gasteiger partial charge in [0.05, 0.1) is 0 Å². The molecule has 2 aromatic rings. The smallest absolute Gasteiger partial charge is 0.196 e. The van der Waals surface area contributed by atoms with Crippen LogP contribution < -0.4 is 0 Å². The van der Waals surface area contributed by atoms with Crippen molar-refractivity contribution >= 4 is 15.9 Å². The molecule has 0 radical (unpaired) electrons. The van der Waals surface area contributed by atoms with Crippen LogP contribution in [0.15, 0.2) is 41.4 Å². The van der Waals surface area contributed by atoms with Gasteiger partial charge in [-0.3, -0.25) is 0 Å². The Bertz CT molecular complexity index is 396. The lowest BCUT2D eigenvalue weighted by Crippen LogP contribution is -1.91. The van der Waals surface area contributed by atoms with E-state index in [0.29, 0.717) is 4.73 Å². The SMILES string of the molecule is Oc1ccc(Cc2cnc(Br)nc2)cc1. The van der Waals surface area contributed by atoms with Crippen molar-refractivity contribution in [3.8, 4) is 5.75 Å². The lowest BCUT2D eigenvalue weighted by Gasteiger charge is -2.01. The zero-order valence-electron chi connectivity index (χ0n) is 7.89. The molecule has 0 saturated heterocycles. The van der Waals surface area contributed by atoms with E-state index in [-0.39, 0.29) is 5.75 Å². The summed E-state index contributed by atoms with van der Waals surface area (Å²) in [5.74, 6) is 0.283. The Kier molecular flexibility index (Phi) is 2.97. The van der Waals surface area contributed by atoms with Gasteiger partial charge in [0.1, 0.15) is 5.75 Å². The van der Waals surface area contributed by atoms with Crippen molar-refractivity contribution in [2.45, 2.75) is 6.42 Å². The van der Waals surface area contributed by atoms with Gasteiger partial charge in [0.15, 0.2) is 4.73 Å². The zero-order valence-corrected chi connectivity index (χ0v) is 9.48. The zero-order chi connectivity index (χ0) is 10.7. The lowest BCUT2D eigenvalue weighted by molar-refractivity contribution is 0.475. The molecule has 0 amide bonds. The van der Waals surface area contributed by atoms with Gasteiger partial charge in [-0.1, -0.05) is 12.1 Å². The van der Waals surface area contributed by atoms with E-state index in [0.717, 1.165) is 17.5 Å². The Hall–Kier alpha value is -1.42. The van der Waals surface area contributed by atoms with E-state index in [1.807, 2.05) is 12.1 Å². The molecular weight excluding hydrogens is 256 g/mol. The van der Waals surface area contributed by atoms with E-state index >= 15 is 0 Å². The van der Waals surface area contributed by atoms with Crippen LogP contribution in [0.4, 0.5) is 0 Å². The molecule has 0 spiro atoms. The summed E-state index contributed by atoms with van der Waals surface area (Å²) in [6.07, 6.45) is 4.33. The number of halogens is 1. The first-order chi connectivity index (χ1) is 7.24. The van der Waals surface area contributed by atoms with Crippen LogP contribution in [0, 0.1) is 0 Å². The number of phenols is 1. The molecule has 0 aliphatic carbocycles. The number of aromatic hydroxyl groups is 1. The van der Waals surface area contributed by atoms with Crippen molar-refractivity contribution in [2.75, 3.05) is 0 Å². The van der Waals surface area contributed by atoms with E-state index in [2.05, 4.69) is 25.9 Å². The fourth-order valence-corrected chi connectivity index (χ4v) is 1.48. The molecule has 1 aromatic heterocycles. The molecule has 15 heavy (non-hydrogen) atoms. The molecule has 0 fully saturated rings. The molecule has 0 aliphatic rings. The van der Waals surface area contributed by atoms with E-state index in [1.165, 1.54) is 0 Å². The van der Waals surface area contributed by atoms with Gasteiger partial charge in [0.25, 0.3) is 0 Å². The Morgan fingerprint density at radius 3 is 2.20 bits per heavy atom. The largest absolute Gasteiger partial charge is 0.508 e. The van der Waals surface area contributed by atoms with Gasteiger partial charge in [0.2, 0.25) is 0 Å². The Morgan fingerprint density at radius 1 is 1.00 bits per heavy atom. The summed E-state index contributed by atoms with van der Waals surface area (Å²) >= 11 is 3.19. The number of benzene rings is 1. The third kappa shape index (κ3) is 2.76. The van der Waals surface area contributed by atoms with Crippen molar-refractivity contribution in [1.29, 1.82) is 0 Å². The summed E-state index contributed by atoms with van der Waals surface area (Å²) in [7, 11) is 0. The first kappa shape index (κ1) is 10.1. The van der Waals surface area contributed by atoms with Gasteiger partial charge in [-0.2, -0.15) is 0 Å². The minimum atomic E-state index is 0.283. The number of hydrogen-bond donors (Lipinski definition) is 1. The normalized spacial score (nSPS) is 10.2. The standard InChI is InChI=1S/C11H9BrN2O/c12-11-13-6-9(7-14-11)5-8-1-3-10(15)4-2-8/h1-4,6-7,15H,5H2. The summed E-state index contributed by atoms with van der Waals surface area (Å²) < 4.78 is 0.594.